The summed E-state index contributed by atoms with van der Waals surface area (Å²) < 4.78 is 0. The van der Waals surface area contributed by atoms with Crippen LogP contribution in [0, 0.1) is 17.3 Å². The van der Waals surface area contributed by atoms with Gasteiger partial charge in [0.05, 0.1) is 4.88 Å². The van der Waals surface area contributed by atoms with Crippen LogP contribution in [-0.2, 0) is 0 Å². The van der Waals surface area contributed by atoms with E-state index in [1.807, 2.05) is 6.92 Å². The molecule has 0 unspecified atom stereocenters. The van der Waals surface area contributed by atoms with Crippen molar-refractivity contribution >= 4 is 16.9 Å². The van der Waals surface area contributed by atoms with E-state index < -0.39 is 0 Å². The Bertz CT molecular complexity index is 391. The summed E-state index contributed by atoms with van der Waals surface area (Å²) in [6.45, 7) is 12.3. The lowest BCUT2D eigenvalue weighted by Gasteiger charge is -2.06. The molecule has 0 aromatic carbocycles. The van der Waals surface area contributed by atoms with E-state index in [-0.39, 0.29) is 5.41 Å². The molecule has 0 aliphatic heterocycles. The predicted octanol–water partition coefficient (Wildman–Crippen LogP) is 4.18. The molecule has 0 aliphatic rings. The SMILES string of the molecule is C=C(C)c1ccc(C#CC(C)(C)C)s1. The Morgan fingerprint density at radius 3 is 2.43 bits per heavy atom. The van der Waals surface area contributed by atoms with Crippen LogP contribution in [0.15, 0.2) is 18.7 Å². The van der Waals surface area contributed by atoms with Crippen molar-refractivity contribution in [2.75, 3.05) is 0 Å². The van der Waals surface area contributed by atoms with Gasteiger partial charge in [0.2, 0.25) is 0 Å². The van der Waals surface area contributed by atoms with Gasteiger partial charge in [-0.05, 0) is 45.4 Å². The van der Waals surface area contributed by atoms with Gasteiger partial charge in [0.15, 0.2) is 0 Å². The molecule has 14 heavy (non-hydrogen) atoms. The standard InChI is InChI=1S/C13H16S/c1-10(2)12-7-6-11(14-12)8-9-13(3,4)5/h6-7H,1H2,2-5H3. The van der Waals surface area contributed by atoms with E-state index in [4.69, 9.17) is 0 Å². The molecule has 1 aromatic heterocycles. The highest BCUT2D eigenvalue weighted by Crippen LogP contribution is 2.22. The first-order valence-electron chi connectivity index (χ1n) is 4.67. The largest absolute Gasteiger partial charge is 0.127 e. The van der Waals surface area contributed by atoms with Crippen molar-refractivity contribution in [1.82, 2.24) is 0 Å². The summed E-state index contributed by atoms with van der Waals surface area (Å²) >= 11 is 1.71. The predicted molar refractivity (Wildman–Crippen MR) is 65.4 cm³/mol. The van der Waals surface area contributed by atoms with Gasteiger partial charge in [-0.1, -0.05) is 18.4 Å². The summed E-state index contributed by atoms with van der Waals surface area (Å²) in [6, 6.07) is 4.15. The summed E-state index contributed by atoms with van der Waals surface area (Å²) in [5.74, 6) is 6.41. The fourth-order valence-electron chi connectivity index (χ4n) is 0.884. The first-order chi connectivity index (χ1) is 6.38. The minimum absolute atomic E-state index is 0.0768. The molecule has 1 aromatic rings. The van der Waals surface area contributed by atoms with Crippen LogP contribution in [-0.4, -0.2) is 0 Å². The third kappa shape index (κ3) is 3.40. The lowest BCUT2D eigenvalue weighted by Crippen LogP contribution is -1.98. The summed E-state index contributed by atoms with van der Waals surface area (Å²) in [7, 11) is 0. The molecule has 0 fully saturated rings. The van der Waals surface area contributed by atoms with Gasteiger partial charge >= 0.3 is 0 Å². The summed E-state index contributed by atoms with van der Waals surface area (Å²) in [4.78, 5) is 2.35. The van der Waals surface area contributed by atoms with E-state index in [2.05, 4.69) is 51.3 Å². The smallest absolute Gasteiger partial charge is 0.0775 e. The van der Waals surface area contributed by atoms with Crippen LogP contribution < -0.4 is 0 Å². The van der Waals surface area contributed by atoms with Crippen LogP contribution in [0.5, 0.6) is 0 Å². The van der Waals surface area contributed by atoms with Crippen molar-refractivity contribution in [2.45, 2.75) is 27.7 Å². The van der Waals surface area contributed by atoms with Crippen LogP contribution in [0.1, 0.15) is 37.4 Å². The molecule has 1 heteroatoms. The second-order valence-corrected chi connectivity index (χ2v) is 5.53. The van der Waals surface area contributed by atoms with Crippen molar-refractivity contribution in [3.05, 3.63) is 28.5 Å². The van der Waals surface area contributed by atoms with Gasteiger partial charge < -0.3 is 0 Å². The number of hydrogen-bond donors (Lipinski definition) is 0. The lowest BCUT2D eigenvalue weighted by atomic mass is 9.98. The number of hydrogen-bond acceptors (Lipinski definition) is 1. The third-order valence-corrected chi connectivity index (χ3v) is 2.75. The number of thiophene rings is 1. The van der Waals surface area contributed by atoms with E-state index in [0.29, 0.717) is 0 Å². The van der Waals surface area contributed by atoms with Gasteiger partial charge in [-0.25, -0.2) is 0 Å². The first kappa shape index (κ1) is 11.1. The normalized spacial score (nSPS) is 10.6. The molecule has 1 rings (SSSR count). The maximum absolute atomic E-state index is 3.91. The molecule has 0 N–H and O–H groups in total. The zero-order chi connectivity index (χ0) is 10.8. The highest BCUT2D eigenvalue weighted by molar-refractivity contribution is 7.13. The van der Waals surface area contributed by atoms with Crippen LogP contribution in [0.3, 0.4) is 0 Å². The van der Waals surface area contributed by atoms with Crippen LogP contribution >= 0.6 is 11.3 Å². The van der Waals surface area contributed by atoms with Crippen molar-refractivity contribution in [3.8, 4) is 11.8 Å². The van der Waals surface area contributed by atoms with E-state index in [9.17, 15) is 0 Å². The Balaban J connectivity index is 2.87. The Kier molecular flexibility index (Phi) is 3.18. The quantitative estimate of drug-likeness (QED) is 0.602. The molecule has 74 valence electrons. The first-order valence-corrected chi connectivity index (χ1v) is 5.49. The van der Waals surface area contributed by atoms with Crippen molar-refractivity contribution in [2.24, 2.45) is 5.41 Å². The molecule has 1 heterocycles. The average molecular weight is 204 g/mol. The minimum atomic E-state index is 0.0768. The Morgan fingerprint density at radius 1 is 1.36 bits per heavy atom. The van der Waals surface area contributed by atoms with Gasteiger partial charge in [-0.15, -0.1) is 11.3 Å². The number of rotatable bonds is 1. The Labute approximate surface area is 90.7 Å². The summed E-state index contributed by atoms with van der Waals surface area (Å²) in [5.41, 5.74) is 1.19. The average Bonchev–Trinajstić information content (AvgIpc) is 2.47. The fourth-order valence-corrected chi connectivity index (χ4v) is 1.67. The molecule has 0 radical (unpaired) electrons. The molecule has 0 aliphatic carbocycles. The van der Waals surface area contributed by atoms with Gasteiger partial charge in [0.25, 0.3) is 0 Å². The van der Waals surface area contributed by atoms with E-state index in [1.54, 1.807) is 11.3 Å². The second-order valence-electron chi connectivity index (χ2n) is 4.44. The van der Waals surface area contributed by atoms with Crippen molar-refractivity contribution in [3.63, 3.8) is 0 Å². The molecule has 0 bridgehead atoms. The molecule has 0 saturated carbocycles. The highest BCUT2D eigenvalue weighted by atomic mass is 32.1. The van der Waals surface area contributed by atoms with Crippen molar-refractivity contribution < 1.29 is 0 Å². The minimum Gasteiger partial charge on any atom is -0.127 e. The van der Waals surface area contributed by atoms with Crippen LogP contribution in [0.4, 0.5) is 0 Å². The fraction of sp³-hybridized carbons (Fsp3) is 0.385. The Morgan fingerprint density at radius 2 is 2.00 bits per heavy atom. The second kappa shape index (κ2) is 4.02. The molecule has 0 spiro atoms. The van der Waals surface area contributed by atoms with E-state index in [0.717, 1.165) is 10.5 Å². The van der Waals surface area contributed by atoms with Gasteiger partial charge in [-0.2, -0.15) is 0 Å². The zero-order valence-electron chi connectivity index (χ0n) is 9.27. The van der Waals surface area contributed by atoms with E-state index >= 15 is 0 Å². The zero-order valence-corrected chi connectivity index (χ0v) is 10.1. The van der Waals surface area contributed by atoms with Gasteiger partial charge in [0, 0.05) is 10.3 Å². The molecular formula is C13H16S. The summed E-state index contributed by atoms with van der Waals surface area (Å²) in [6.07, 6.45) is 0. The van der Waals surface area contributed by atoms with Gasteiger partial charge in [-0.3, -0.25) is 0 Å². The monoisotopic (exact) mass is 204 g/mol. The molecule has 0 atom stereocenters. The summed E-state index contributed by atoms with van der Waals surface area (Å²) in [5, 5.41) is 0. The van der Waals surface area contributed by atoms with Crippen LogP contribution in [0.2, 0.25) is 0 Å². The maximum Gasteiger partial charge on any atom is 0.0775 e. The topological polar surface area (TPSA) is 0 Å². The molecule has 0 saturated heterocycles. The highest BCUT2D eigenvalue weighted by Gasteiger charge is 2.04. The van der Waals surface area contributed by atoms with Gasteiger partial charge in [0.1, 0.15) is 0 Å². The third-order valence-electron chi connectivity index (χ3n) is 1.59. The molecule has 0 nitrogen and oxygen atoms in total. The van der Waals surface area contributed by atoms with Crippen LogP contribution in [0.25, 0.3) is 5.57 Å². The maximum atomic E-state index is 3.91. The number of allylic oxidation sites excluding steroid dienone is 1. The Hall–Kier alpha value is -1.00. The van der Waals surface area contributed by atoms with Crippen molar-refractivity contribution in [1.29, 1.82) is 0 Å². The lowest BCUT2D eigenvalue weighted by molar-refractivity contribution is 0.571. The molecule has 0 amide bonds. The van der Waals surface area contributed by atoms with E-state index in [1.165, 1.54) is 4.88 Å². The molecular weight excluding hydrogens is 188 g/mol.